The first kappa shape index (κ1) is 16.8. The van der Waals surface area contributed by atoms with Crippen LogP contribution in [0, 0.1) is 13.8 Å². The van der Waals surface area contributed by atoms with Crippen molar-refractivity contribution in [1.82, 2.24) is 4.57 Å². The molecule has 0 atom stereocenters. The van der Waals surface area contributed by atoms with Gasteiger partial charge in [0.05, 0.1) is 0 Å². The highest BCUT2D eigenvalue weighted by Crippen LogP contribution is 2.20. The maximum Gasteiger partial charge on any atom is 0.336 e. The fourth-order valence-electron chi connectivity index (χ4n) is 3.19. The van der Waals surface area contributed by atoms with E-state index in [1.54, 1.807) is 24.3 Å². The van der Waals surface area contributed by atoms with Crippen LogP contribution >= 0.6 is 0 Å². The van der Waals surface area contributed by atoms with Crippen molar-refractivity contribution in [3.63, 3.8) is 0 Å². The zero-order chi connectivity index (χ0) is 19.0. The lowest BCUT2D eigenvalue weighted by Crippen LogP contribution is -2.12. The molecule has 0 aliphatic carbocycles. The molecule has 0 saturated heterocycles. The summed E-state index contributed by atoms with van der Waals surface area (Å²) in [6.45, 7) is 4.10. The van der Waals surface area contributed by atoms with Crippen molar-refractivity contribution >= 4 is 22.6 Å². The molecule has 4 rings (SSSR count). The third kappa shape index (κ3) is 3.27. The van der Waals surface area contributed by atoms with Gasteiger partial charge in [0.25, 0.3) is 5.91 Å². The number of aryl methyl sites for hydroxylation is 2. The molecule has 2 aromatic carbocycles. The normalized spacial score (nSPS) is 10.9. The molecule has 2 heterocycles. The van der Waals surface area contributed by atoms with Gasteiger partial charge in [-0.1, -0.05) is 0 Å². The van der Waals surface area contributed by atoms with Crippen LogP contribution in [-0.2, 0) is 0 Å². The average Bonchev–Trinajstić information content (AvgIpc) is 3.00. The predicted octanol–water partition coefficient (Wildman–Crippen LogP) is 4.45. The number of rotatable bonds is 3. The van der Waals surface area contributed by atoms with Crippen molar-refractivity contribution in [3.8, 4) is 5.69 Å². The van der Waals surface area contributed by atoms with E-state index in [0.717, 1.165) is 22.5 Å². The first-order chi connectivity index (χ1) is 13.0. The minimum atomic E-state index is -0.396. The fraction of sp³-hybridized carbons (Fsp3) is 0.0909. The third-order valence-electron chi connectivity index (χ3n) is 4.54. The second-order valence-electron chi connectivity index (χ2n) is 6.46. The smallest absolute Gasteiger partial charge is 0.336 e. The Labute approximate surface area is 155 Å². The Morgan fingerprint density at radius 2 is 1.59 bits per heavy atom. The summed E-state index contributed by atoms with van der Waals surface area (Å²) in [5.41, 5.74) is 4.62. The first-order valence-electron chi connectivity index (χ1n) is 8.62. The molecule has 0 bridgehead atoms. The molecule has 1 N–H and O–H groups in total. The van der Waals surface area contributed by atoms with Crippen LogP contribution in [0.2, 0.25) is 0 Å². The van der Waals surface area contributed by atoms with Gasteiger partial charge in [-0.2, -0.15) is 0 Å². The SMILES string of the molecule is Cc1ccc(C)n1-c1ccc(C(=O)Nc2ccc3oc(=O)ccc3c2)cc1. The monoisotopic (exact) mass is 358 g/mol. The maximum atomic E-state index is 12.5. The molecule has 5 heteroatoms. The molecule has 0 unspecified atom stereocenters. The van der Waals surface area contributed by atoms with Crippen LogP contribution in [0.4, 0.5) is 5.69 Å². The summed E-state index contributed by atoms with van der Waals surface area (Å²) < 4.78 is 7.24. The summed E-state index contributed by atoms with van der Waals surface area (Å²) >= 11 is 0. The molecule has 4 aromatic rings. The molecule has 5 nitrogen and oxygen atoms in total. The molecule has 0 fully saturated rings. The van der Waals surface area contributed by atoms with E-state index >= 15 is 0 Å². The van der Waals surface area contributed by atoms with Crippen molar-refractivity contribution in [1.29, 1.82) is 0 Å². The van der Waals surface area contributed by atoms with E-state index in [4.69, 9.17) is 4.42 Å². The number of nitrogens with zero attached hydrogens (tertiary/aromatic N) is 1. The zero-order valence-corrected chi connectivity index (χ0v) is 15.0. The van der Waals surface area contributed by atoms with Gasteiger partial charge < -0.3 is 14.3 Å². The van der Waals surface area contributed by atoms with Crippen LogP contribution in [0.25, 0.3) is 16.7 Å². The van der Waals surface area contributed by atoms with E-state index in [0.29, 0.717) is 16.8 Å². The molecule has 0 spiro atoms. The Morgan fingerprint density at radius 3 is 2.30 bits per heavy atom. The number of hydrogen-bond donors (Lipinski definition) is 1. The summed E-state index contributed by atoms with van der Waals surface area (Å²) in [6.07, 6.45) is 0. The molecule has 0 aliphatic heterocycles. The van der Waals surface area contributed by atoms with Crippen LogP contribution < -0.4 is 10.9 Å². The molecule has 0 aliphatic rings. The van der Waals surface area contributed by atoms with E-state index in [1.807, 2.05) is 24.3 Å². The van der Waals surface area contributed by atoms with Gasteiger partial charge in [0.2, 0.25) is 0 Å². The number of nitrogens with one attached hydrogen (secondary N) is 1. The Balaban J connectivity index is 1.56. The minimum absolute atomic E-state index is 0.195. The summed E-state index contributed by atoms with van der Waals surface area (Å²) in [7, 11) is 0. The number of fused-ring (bicyclic) bond motifs is 1. The first-order valence-corrected chi connectivity index (χ1v) is 8.62. The second kappa shape index (κ2) is 6.61. The number of anilines is 1. The summed E-state index contributed by atoms with van der Waals surface area (Å²) in [4.78, 5) is 23.8. The Bertz CT molecular complexity index is 1180. The number of aromatic nitrogens is 1. The summed E-state index contributed by atoms with van der Waals surface area (Å²) in [5, 5.41) is 3.63. The quantitative estimate of drug-likeness (QED) is 0.550. The van der Waals surface area contributed by atoms with Gasteiger partial charge in [-0.15, -0.1) is 0 Å². The van der Waals surface area contributed by atoms with Gasteiger partial charge in [-0.05, 0) is 74.5 Å². The van der Waals surface area contributed by atoms with Crippen LogP contribution in [-0.4, -0.2) is 10.5 Å². The highest BCUT2D eigenvalue weighted by atomic mass is 16.4. The van der Waals surface area contributed by atoms with Gasteiger partial charge in [-0.25, -0.2) is 4.79 Å². The summed E-state index contributed by atoms with van der Waals surface area (Å²) in [5.74, 6) is -0.195. The third-order valence-corrected chi connectivity index (χ3v) is 4.54. The molecular formula is C22H18N2O3. The lowest BCUT2D eigenvalue weighted by molar-refractivity contribution is 0.102. The molecule has 2 aromatic heterocycles. The van der Waals surface area contributed by atoms with E-state index in [-0.39, 0.29) is 5.91 Å². The van der Waals surface area contributed by atoms with Gasteiger partial charge >= 0.3 is 5.63 Å². The van der Waals surface area contributed by atoms with E-state index in [2.05, 4.69) is 35.9 Å². The number of carbonyl (C=O) groups is 1. The number of carbonyl (C=O) groups excluding carboxylic acids is 1. The Hall–Kier alpha value is -3.60. The number of amides is 1. The molecule has 134 valence electrons. The molecular weight excluding hydrogens is 340 g/mol. The molecule has 27 heavy (non-hydrogen) atoms. The lowest BCUT2D eigenvalue weighted by Gasteiger charge is -2.11. The van der Waals surface area contributed by atoms with Crippen molar-refractivity contribution in [2.24, 2.45) is 0 Å². The van der Waals surface area contributed by atoms with Crippen LogP contribution in [0.5, 0.6) is 0 Å². The highest BCUT2D eigenvalue weighted by Gasteiger charge is 2.09. The molecule has 1 amide bonds. The largest absolute Gasteiger partial charge is 0.423 e. The number of hydrogen-bond acceptors (Lipinski definition) is 3. The van der Waals surface area contributed by atoms with Gasteiger partial charge in [0.15, 0.2) is 0 Å². The second-order valence-corrected chi connectivity index (χ2v) is 6.46. The maximum absolute atomic E-state index is 12.5. The van der Waals surface area contributed by atoms with Crippen LogP contribution in [0.1, 0.15) is 21.7 Å². The topological polar surface area (TPSA) is 64.2 Å². The number of benzene rings is 2. The van der Waals surface area contributed by atoms with E-state index < -0.39 is 5.63 Å². The van der Waals surface area contributed by atoms with Crippen molar-refractivity contribution in [3.05, 3.63) is 94.1 Å². The molecule has 0 radical (unpaired) electrons. The van der Waals surface area contributed by atoms with Crippen molar-refractivity contribution < 1.29 is 9.21 Å². The summed E-state index contributed by atoms with van der Waals surface area (Å²) in [6, 6.07) is 19.8. The van der Waals surface area contributed by atoms with Crippen LogP contribution in [0.15, 0.2) is 75.9 Å². The standard InChI is InChI=1S/C22H18N2O3/c1-14-3-4-15(2)24(14)19-9-5-16(6-10-19)22(26)23-18-8-11-20-17(13-18)7-12-21(25)27-20/h3-13H,1-2H3,(H,23,26). The Kier molecular flexibility index (Phi) is 4.12. The lowest BCUT2D eigenvalue weighted by atomic mass is 10.1. The average molecular weight is 358 g/mol. The molecule has 0 saturated carbocycles. The van der Waals surface area contributed by atoms with Gasteiger partial charge in [0, 0.05) is 39.8 Å². The predicted molar refractivity (Wildman–Crippen MR) is 106 cm³/mol. The van der Waals surface area contributed by atoms with Gasteiger partial charge in [-0.3, -0.25) is 4.79 Å². The van der Waals surface area contributed by atoms with E-state index in [9.17, 15) is 9.59 Å². The minimum Gasteiger partial charge on any atom is -0.423 e. The highest BCUT2D eigenvalue weighted by molar-refractivity contribution is 6.05. The van der Waals surface area contributed by atoms with E-state index in [1.165, 1.54) is 6.07 Å². The zero-order valence-electron chi connectivity index (χ0n) is 15.0. The van der Waals surface area contributed by atoms with Crippen molar-refractivity contribution in [2.75, 3.05) is 5.32 Å². The van der Waals surface area contributed by atoms with Gasteiger partial charge in [0.1, 0.15) is 5.58 Å². The fourth-order valence-corrected chi connectivity index (χ4v) is 3.19. The van der Waals surface area contributed by atoms with Crippen LogP contribution in [0.3, 0.4) is 0 Å². The Morgan fingerprint density at radius 1 is 0.889 bits per heavy atom. The van der Waals surface area contributed by atoms with Crippen molar-refractivity contribution in [2.45, 2.75) is 13.8 Å².